The van der Waals surface area contributed by atoms with E-state index in [1.165, 1.54) is 22.0 Å². The van der Waals surface area contributed by atoms with Gasteiger partial charge in [-0.15, -0.1) is 0 Å². The predicted octanol–water partition coefficient (Wildman–Crippen LogP) is 4.87. The molecule has 4 rings (SSSR count). The highest BCUT2D eigenvalue weighted by Crippen LogP contribution is 2.36. The number of nitrogens with zero attached hydrogens (tertiary/aromatic N) is 2. The molecular weight excluding hydrogens is 556 g/mol. The van der Waals surface area contributed by atoms with Crippen LogP contribution in [0.5, 0.6) is 23.0 Å². The molecule has 1 unspecified atom stereocenters. The molecule has 0 aliphatic carbocycles. The first-order valence-corrected chi connectivity index (χ1v) is 15.0. The van der Waals surface area contributed by atoms with Gasteiger partial charge in [-0.25, -0.2) is 9.79 Å². The summed E-state index contributed by atoms with van der Waals surface area (Å²) in [6, 6.07) is 9.56. The number of carbonyl (C=O) groups excluding carboxylic acids is 1. The van der Waals surface area contributed by atoms with Crippen molar-refractivity contribution in [3.05, 3.63) is 78.5 Å². The third-order valence-electron chi connectivity index (χ3n) is 6.67. The molecule has 1 aromatic heterocycles. The first-order chi connectivity index (χ1) is 20.2. The number of benzene rings is 2. The van der Waals surface area contributed by atoms with Crippen LogP contribution in [0.25, 0.3) is 6.08 Å². The van der Waals surface area contributed by atoms with Gasteiger partial charge >= 0.3 is 5.97 Å². The second kappa shape index (κ2) is 13.7. The topological polar surface area (TPSA) is 109 Å². The van der Waals surface area contributed by atoms with Crippen molar-refractivity contribution in [2.45, 2.75) is 66.0 Å². The van der Waals surface area contributed by atoms with Crippen LogP contribution in [-0.2, 0) is 9.53 Å². The molecule has 2 aromatic carbocycles. The zero-order valence-electron chi connectivity index (χ0n) is 24.9. The van der Waals surface area contributed by atoms with E-state index in [0.29, 0.717) is 56.6 Å². The largest absolute Gasteiger partial charge is 0.504 e. The summed E-state index contributed by atoms with van der Waals surface area (Å²) in [7, 11) is 1.56. The van der Waals surface area contributed by atoms with Gasteiger partial charge in [-0.2, -0.15) is 0 Å². The van der Waals surface area contributed by atoms with Gasteiger partial charge < -0.3 is 24.1 Å². The highest BCUT2D eigenvalue weighted by atomic mass is 32.1. The maximum absolute atomic E-state index is 14.0. The van der Waals surface area contributed by atoms with Crippen LogP contribution in [0, 0.1) is 0 Å². The third-order valence-corrected chi connectivity index (χ3v) is 7.66. The minimum Gasteiger partial charge on any atom is -0.504 e. The highest BCUT2D eigenvalue weighted by Gasteiger charge is 2.34. The van der Waals surface area contributed by atoms with Crippen molar-refractivity contribution in [3.8, 4) is 23.0 Å². The van der Waals surface area contributed by atoms with Crippen LogP contribution in [-0.4, -0.2) is 42.1 Å². The number of methoxy groups -OCH3 is 1. The lowest BCUT2D eigenvalue weighted by molar-refractivity contribution is -0.143. The van der Waals surface area contributed by atoms with Crippen molar-refractivity contribution < 1.29 is 28.8 Å². The third kappa shape index (κ3) is 6.70. The van der Waals surface area contributed by atoms with E-state index in [-0.39, 0.29) is 23.0 Å². The number of thiazole rings is 1. The zero-order valence-corrected chi connectivity index (χ0v) is 25.7. The van der Waals surface area contributed by atoms with Crippen LogP contribution in [0.3, 0.4) is 0 Å². The van der Waals surface area contributed by atoms with E-state index in [1.54, 1.807) is 52.2 Å². The molecule has 1 aliphatic rings. The average Bonchev–Trinajstić information content (AvgIpc) is 3.25. The summed E-state index contributed by atoms with van der Waals surface area (Å²) in [5.41, 5.74) is 1.79. The van der Waals surface area contributed by atoms with Crippen molar-refractivity contribution in [1.82, 2.24) is 4.57 Å². The van der Waals surface area contributed by atoms with Gasteiger partial charge in [0.1, 0.15) is 0 Å². The molecule has 1 aliphatic heterocycles. The maximum atomic E-state index is 14.0. The molecule has 224 valence electrons. The molecule has 0 spiro atoms. The summed E-state index contributed by atoms with van der Waals surface area (Å²) in [6.07, 6.45) is 4.45. The zero-order chi connectivity index (χ0) is 30.4. The molecule has 0 bridgehead atoms. The van der Waals surface area contributed by atoms with E-state index in [1.807, 2.05) is 19.1 Å². The highest BCUT2D eigenvalue weighted by molar-refractivity contribution is 7.07. The lowest BCUT2D eigenvalue weighted by atomic mass is 9.95. The van der Waals surface area contributed by atoms with Crippen molar-refractivity contribution in [2.24, 2.45) is 4.99 Å². The van der Waals surface area contributed by atoms with Crippen LogP contribution in [0.1, 0.15) is 71.0 Å². The number of esters is 1. The van der Waals surface area contributed by atoms with Crippen LogP contribution in [0.4, 0.5) is 0 Å². The molecule has 0 amide bonds. The van der Waals surface area contributed by atoms with Gasteiger partial charge in [0.15, 0.2) is 27.8 Å². The number of aromatic hydroxyl groups is 1. The number of ether oxygens (including phenoxy) is 4. The molecule has 1 atom stereocenters. The summed E-state index contributed by atoms with van der Waals surface area (Å²) in [5.74, 6) is 0.907. The Morgan fingerprint density at radius 2 is 1.88 bits per heavy atom. The normalized spacial score (nSPS) is 14.9. The summed E-state index contributed by atoms with van der Waals surface area (Å²) in [4.78, 5) is 32.5. The number of phenolic OH excluding ortho intramolecular Hbond substituents is 1. The van der Waals surface area contributed by atoms with E-state index in [9.17, 15) is 14.7 Å². The molecular formula is C32H38N2O7S. The number of fused-ring (bicyclic) bond motifs is 1. The van der Waals surface area contributed by atoms with Gasteiger partial charge in [-0.1, -0.05) is 43.2 Å². The fraction of sp³-hybridized carbons (Fsp3) is 0.406. The number of allylic oxidation sites excluding steroid dienone is 1. The van der Waals surface area contributed by atoms with E-state index >= 15 is 0 Å². The Balaban J connectivity index is 1.86. The monoisotopic (exact) mass is 594 g/mol. The Bertz CT molecular complexity index is 1650. The van der Waals surface area contributed by atoms with E-state index < -0.39 is 12.0 Å². The summed E-state index contributed by atoms with van der Waals surface area (Å²) >= 11 is 1.22. The van der Waals surface area contributed by atoms with Gasteiger partial charge in [0.25, 0.3) is 5.56 Å². The number of unbranched alkanes of at least 4 members (excludes halogenated alkanes) is 2. The summed E-state index contributed by atoms with van der Waals surface area (Å²) < 4.78 is 24.7. The molecule has 0 saturated carbocycles. The smallest absolute Gasteiger partial charge is 0.338 e. The fourth-order valence-electron chi connectivity index (χ4n) is 4.73. The van der Waals surface area contributed by atoms with Crippen molar-refractivity contribution in [3.63, 3.8) is 0 Å². The Morgan fingerprint density at radius 1 is 1.10 bits per heavy atom. The fourth-order valence-corrected chi connectivity index (χ4v) is 5.77. The molecule has 10 heteroatoms. The number of hydrogen-bond acceptors (Lipinski definition) is 9. The van der Waals surface area contributed by atoms with Gasteiger partial charge in [-0.3, -0.25) is 9.36 Å². The van der Waals surface area contributed by atoms with Gasteiger partial charge in [-0.05, 0) is 75.6 Å². The molecule has 1 N–H and O–H groups in total. The lowest BCUT2D eigenvalue weighted by Gasteiger charge is -2.26. The Kier molecular flexibility index (Phi) is 10.1. The molecule has 0 radical (unpaired) electrons. The number of rotatable bonds is 12. The van der Waals surface area contributed by atoms with Crippen molar-refractivity contribution >= 4 is 23.4 Å². The minimum atomic E-state index is -0.795. The van der Waals surface area contributed by atoms with Crippen molar-refractivity contribution in [2.75, 3.05) is 20.3 Å². The number of hydrogen-bond donors (Lipinski definition) is 1. The average molecular weight is 595 g/mol. The van der Waals surface area contributed by atoms with Crippen molar-refractivity contribution in [1.29, 1.82) is 0 Å². The van der Waals surface area contributed by atoms with Crippen LogP contribution < -0.4 is 29.1 Å². The molecule has 2 heterocycles. The molecule has 0 saturated heterocycles. The number of phenols is 1. The van der Waals surface area contributed by atoms with Crippen LogP contribution in [0.2, 0.25) is 0 Å². The maximum Gasteiger partial charge on any atom is 0.338 e. The Morgan fingerprint density at radius 3 is 2.57 bits per heavy atom. The number of aromatic nitrogens is 1. The first-order valence-electron chi connectivity index (χ1n) is 14.2. The summed E-state index contributed by atoms with van der Waals surface area (Å²) in [6.45, 7) is 10.2. The second-order valence-corrected chi connectivity index (χ2v) is 11.2. The first kappa shape index (κ1) is 30.9. The SMILES string of the molecule is CCCCCOc1ccc(C2C(C(=O)OC(C)C)=C(C)N=c3sc(=Cc4ccc(O)c(OCC)c4)c(=O)n32)cc1OC. The van der Waals surface area contributed by atoms with E-state index in [2.05, 4.69) is 11.9 Å². The standard InChI is InChI=1S/C32H38N2O7S/c1-7-9-10-15-40-24-14-12-22(18-26(24)38-6)29-28(31(37)41-19(3)4)20(5)33-32-34(29)30(36)27(42-32)17-21-11-13-23(35)25(16-21)39-8-2/h11-14,16-19,29,35H,7-10,15H2,1-6H3. The predicted molar refractivity (Wildman–Crippen MR) is 162 cm³/mol. The minimum absolute atomic E-state index is 0.0196. The van der Waals surface area contributed by atoms with E-state index in [4.69, 9.17) is 18.9 Å². The molecule has 3 aromatic rings. The second-order valence-electron chi connectivity index (χ2n) is 10.2. The lowest BCUT2D eigenvalue weighted by Crippen LogP contribution is -2.40. The van der Waals surface area contributed by atoms with Crippen LogP contribution in [0.15, 0.2) is 57.5 Å². The van der Waals surface area contributed by atoms with Gasteiger partial charge in [0.2, 0.25) is 0 Å². The van der Waals surface area contributed by atoms with Crippen LogP contribution >= 0.6 is 11.3 Å². The molecule has 9 nitrogen and oxygen atoms in total. The molecule has 0 fully saturated rings. The van der Waals surface area contributed by atoms with E-state index in [0.717, 1.165) is 19.3 Å². The van der Waals surface area contributed by atoms with Gasteiger partial charge in [0, 0.05) is 0 Å². The Labute approximate surface area is 249 Å². The number of carbonyl (C=O) groups is 1. The molecule has 42 heavy (non-hydrogen) atoms. The Hall–Kier alpha value is -4.05. The summed E-state index contributed by atoms with van der Waals surface area (Å²) in [5, 5.41) is 10.1. The quantitative estimate of drug-likeness (QED) is 0.235. The van der Waals surface area contributed by atoms with Gasteiger partial charge in [0.05, 0.1) is 48.3 Å².